The van der Waals surface area contributed by atoms with Gasteiger partial charge in [-0.05, 0) is 55.0 Å². The van der Waals surface area contributed by atoms with E-state index in [1.165, 1.54) is 17.0 Å². The minimum atomic E-state index is -0.571. The monoisotopic (exact) mass is 368 g/mol. The molecule has 0 atom stereocenters. The third-order valence-electron chi connectivity index (χ3n) is 3.71. The van der Waals surface area contributed by atoms with Crippen molar-refractivity contribution in [2.45, 2.75) is 6.92 Å². The Morgan fingerprint density at radius 3 is 2.62 bits per heavy atom. The molecule has 3 rings (SSSR count). The zero-order chi connectivity index (χ0) is 18.7. The van der Waals surface area contributed by atoms with Crippen LogP contribution in [0.5, 0.6) is 11.5 Å². The fourth-order valence-electron chi connectivity index (χ4n) is 2.53. The van der Waals surface area contributed by atoms with Crippen molar-refractivity contribution < 1.29 is 19.4 Å². The van der Waals surface area contributed by atoms with Gasteiger partial charge in [0, 0.05) is 0 Å². The molecular weight excluding hydrogens is 352 g/mol. The fourth-order valence-corrected chi connectivity index (χ4v) is 2.81. The summed E-state index contributed by atoms with van der Waals surface area (Å²) in [7, 11) is 0. The lowest BCUT2D eigenvalue weighted by molar-refractivity contribution is -0.122. The number of nitrogens with zero attached hydrogens (tertiary/aromatic N) is 1. The normalized spacial score (nSPS) is 16.0. The fraction of sp³-hybridized carbons (Fsp3) is 0.105. The largest absolute Gasteiger partial charge is 0.504 e. The SMILES string of the molecule is CCOc1cc(/C=C2\C(=O)NC(=S)N(c3ccccc3)C2=O)ccc1O. The molecule has 0 spiro atoms. The number of amides is 2. The van der Waals surface area contributed by atoms with Crippen LogP contribution in [0.25, 0.3) is 6.08 Å². The highest BCUT2D eigenvalue weighted by Crippen LogP contribution is 2.28. The number of anilines is 1. The van der Waals surface area contributed by atoms with Gasteiger partial charge >= 0.3 is 0 Å². The summed E-state index contributed by atoms with van der Waals surface area (Å²) >= 11 is 5.15. The molecule has 26 heavy (non-hydrogen) atoms. The van der Waals surface area contributed by atoms with Crippen LogP contribution in [-0.4, -0.2) is 28.6 Å². The molecular formula is C19H16N2O4S. The van der Waals surface area contributed by atoms with Crippen molar-refractivity contribution in [3.05, 3.63) is 59.7 Å². The minimum Gasteiger partial charge on any atom is -0.504 e. The molecule has 2 amide bonds. The average molecular weight is 368 g/mol. The van der Waals surface area contributed by atoms with E-state index >= 15 is 0 Å². The molecule has 0 aromatic heterocycles. The molecule has 1 aliphatic heterocycles. The number of para-hydroxylation sites is 1. The molecule has 1 aliphatic rings. The molecule has 2 N–H and O–H groups in total. The summed E-state index contributed by atoms with van der Waals surface area (Å²) in [5.74, 6) is -0.823. The molecule has 1 saturated heterocycles. The van der Waals surface area contributed by atoms with Gasteiger partial charge in [0.2, 0.25) is 0 Å². The molecule has 0 aliphatic carbocycles. The highest BCUT2D eigenvalue weighted by molar-refractivity contribution is 7.80. The Morgan fingerprint density at radius 2 is 1.92 bits per heavy atom. The van der Waals surface area contributed by atoms with Crippen molar-refractivity contribution in [1.29, 1.82) is 0 Å². The lowest BCUT2D eigenvalue weighted by Crippen LogP contribution is -2.54. The van der Waals surface area contributed by atoms with Crippen LogP contribution in [0.2, 0.25) is 0 Å². The summed E-state index contributed by atoms with van der Waals surface area (Å²) in [5.41, 5.74) is 1.05. The average Bonchev–Trinajstić information content (AvgIpc) is 2.62. The van der Waals surface area contributed by atoms with Crippen molar-refractivity contribution in [1.82, 2.24) is 5.32 Å². The van der Waals surface area contributed by atoms with Crippen LogP contribution in [0.3, 0.4) is 0 Å². The van der Waals surface area contributed by atoms with Crippen LogP contribution in [-0.2, 0) is 9.59 Å². The molecule has 0 unspecified atom stereocenters. The highest BCUT2D eigenvalue weighted by atomic mass is 32.1. The van der Waals surface area contributed by atoms with Gasteiger partial charge in [0.25, 0.3) is 11.8 Å². The molecule has 6 nitrogen and oxygen atoms in total. The first-order valence-corrected chi connectivity index (χ1v) is 8.34. The van der Waals surface area contributed by atoms with E-state index in [2.05, 4.69) is 5.32 Å². The Labute approximate surface area is 155 Å². The molecule has 7 heteroatoms. The maximum atomic E-state index is 12.9. The van der Waals surface area contributed by atoms with E-state index in [0.717, 1.165) is 0 Å². The van der Waals surface area contributed by atoms with Gasteiger partial charge < -0.3 is 9.84 Å². The number of hydrogen-bond donors (Lipinski definition) is 2. The minimum absolute atomic E-state index is 0.0134. The first-order chi connectivity index (χ1) is 12.5. The maximum absolute atomic E-state index is 12.9. The lowest BCUT2D eigenvalue weighted by atomic mass is 10.1. The van der Waals surface area contributed by atoms with Crippen molar-refractivity contribution in [3.63, 3.8) is 0 Å². The third kappa shape index (κ3) is 3.43. The van der Waals surface area contributed by atoms with Crippen molar-refractivity contribution >= 4 is 40.9 Å². The predicted octanol–water partition coefficient (Wildman–Crippen LogP) is 2.62. The van der Waals surface area contributed by atoms with Gasteiger partial charge in [0.1, 0.15) is 5.57 Å². The van der Waals surface area contributed by atoms with E-state index in [1.54, 1.807) is 43.3 Å². The molecule has 2 aromatic carbocycles. The number of phenols is 1. The summed E-state index contributed by atoms with van der Waals surface area (Å²) in [5, 5.41) is 12.3. The van der Waals surface area contributed by atoms with Gasteiger partial charge in [-0.25, -0.2) is 0 Å². The molecule has 0 bridgehead atoms. The summed E-state index contributed by atoms with van der Waals surface area (Å²) in [6.07, 6.45) is 1.44. The summed E-state index contributed by atoms with van der Waals surface area (Å²) < 4.78 is 5.33. The second-order valence-corrected chi connectivity index (χ2v) is 5.84. The number of carbonyl (C=O) groups is 2. The van der Waals surface area contributed by atoms with Crippen LogP contribution < -0.4 is 15.0 Å². The second-order valence-electron chi connectivity index (χ2n) is 5.45. The number of aromatic hydroxyl groups is 1. The maximum Gasteiger partial charge on any atom is 0.270 e. The van der Waals surface area contributed by atoms with E-state index in [4.69, 9.17) is 17.0 Å². The van der Waals surface area contributed by atoms with Crippen LogP contribution >= 0.6 is 12.2 Å². The summed E-state index contributed by atoms with van der Waals surface area (Å²) in [4.78, 5) is 26.4. The summed E-state index contributed by atoms with van der Waals surface area (Å²) in [6.45, 7) is 2.17. The highest BCUT2D eigenvalue weighted by Gasteiger charge is 2.34. The van der Waals surface area contributed by atoms with Crippen molar-refractivity contribution in [3.8, 4) is 11.5 Å². The number of carbonyl (C=O) groups excluding carboxylic acids is 2. The number of thiocarbonyl (C=S) groups is 1. The van der Waals surface area contributed by atoms with Crippen LogP contribution in [0.1, 0.15) is 12.5 Å². The van der Waals surface area contributed by atoms with Crippen LogP contribution in [0.4, 0.5) is 5.69 Å². The van der Waals surface area contributed by atoms with E-state index in [0.29, 0.717) is 17.9 Å². The van der Waals surface area contributed by atoms with Gasteiger partial charge in [-0.1, -0.05) is 24.3 Å². The smallest absolute Gasteiger partial charge is 0.270 e. The first kappa shape index (κ1) is 17.6. The molecule has 0 saturated carbocycles. The van der Waals surface area contributed by atoms with Crippen LogP contribution in [0, 0.1) is 0 Å². The van der Waals surface area contributed by atoms with Crippen molar-refractivity contribution in [2.24, 2.45) is 0 Å². The van der Waals surface area contributed by atoms with E-state index in [9.17, 15) is 14.7 Å². The predicted molar refractivity (Wildman–Crippen MR) is 102 cm³/mol. The Morgan fingerprint density at radius 1 is 1.19 bits per heavy atom. The Kier molecular flexibility index (Phi) is 4.99. The quantitative estimate of drug-likeness (QED) is 0.493. The van der Waals surface area contributed by atoms with Gasteiger partial charge in [0.15, 0.2) is 16.6 Å². The number of nitrogens with one attached hydrogen (secondary N) is 1. The van der Waals surface area contributed by atoms with E-state index < -0.39 is 11.8 Å². The van der Waals surface area contributed by atoms with E-state index in [1.807, 2.05) is 6.07 Å². The Hall–Kier alpha value is -3.19. The standard InChI is InChI=1S/C19H16N2O4S/c1-2-25-16-11-12(8-9-15(16)22)10-14-17(23)20-19(26)21(18(14)24)13-6-4-3-5-7-13/h3-11,22H,2H2,1H3,(H,20,23,26)/b14-10+. The van der Waals surface area contributed by atoms with E-state index in [-0.39, 0.29) is 22.2 Å². The molecule has 0 radical (unpaired) electrons. The van der Waals surface area contributed by atoms with Gasteiger partial charge in [-0.15, -0.1) is 0 Å². The topological polar surface area (TPSA) is 78.9 Å². The number of phenolic OH excluding ortho intramolecular Hbond substituents is 1. The van der Waals surface area contributed by atoms with Crippen molar-refractivity contribution in [2.75, 3.05) is 11.5 Å². The van der Waals surface area contributed by atoms with Gasteiger partial charge in [-0.3, -0.25) is 19.8 Å². The third-order valence-corrected chi connectivity index (χ3v) is 4.00. The number of benzene rings is 2. The van der Waals surface area contributed by atoms with Crippen LogP contribution in [0.15, 0.2) is 54.1 Å². The van der Waals surface area contributed by atoms with Gasteiger partial charge in [-0.2, -0.15) is 0 Å². The lowest BCUT2D eigenvalue weighted by Gasteiger charge is -2.28. The molecule has 132 valence electrons. The molecule has 1 heterocycles. The summed E-state index contributed by atoms with van der Waals surface area (Å²) in [6, 6.07) is 13.4. The van der Waals surface area contributed by atoms with Gasteiger partial charge in [0.05, 0.1) is 12.3 Å². The first-order valence-electron chi connectivity index (χ1n) is 7.93. The second kappa shape index (κ2) is 7.37. The number of hydrogen-bond acceptors (Lipinski definition) is 5. The number of ether oxygens (including phenoxy) is 1. The zero-order valence-electron chi connectivity index (χ0n) is 13.9. The zero-order valence-corrected chi connectivity index (χ0v) is 14.7. The Balaban J connectivity index is 1.99. The Bertz CT molecular complexity index is 909. The number of rotatable bonds is 4. The molecule has 2 aromatic rings. The molecule has 1 fully saturated rings.